The van der Waals surface area contributed by atoms with Crippen molar-refractivity contribution in [1.82, 2.24) is 0 Å². The Morgan fingerprint density at radius 2 is 0.985 bits per heavy atom. The van der Waals surface area contributed by atoms with E-state index >= 15 is 0 Å². The van der Waals surface area contributed by atoms with Gasteiger partial charge in [0, 0.05) is 12.8 Å². The molecule has 1 aliphatic rings. The van der Waals surface area contributed by atoms with Crippen LogP contribution in [0.4, 0.5) is 0 Å². The van der Waals surface area contributed by atoms with Gasteiger partial charge >= 0.3 is 23.9 Å². The van der Waals surface area contributed by atoms with Gasteiger partial charge < -0.3 is 39.0 Å². The minimum absolute atomic E-state index is 0.0176. The first-order valence-electron chi connectivity index (χ1n) is 24.9. The number of aliphatic hydroxyl groups excluding tert-OH is 2. The Hall–Kier alpha value is -4.62. The van der Waals surface area contributed by atoms with Gasteiger partial charge in [0.15, 0.2) is 24.6 Å². The molecule has 0 aromatic heterocycles. The standard InChI is InChI=1S/C55H84O12/c1-4-7-10-13-16-19-21-23-24-26-27-30-32-35-38-41-47(56)63-44-46(65-48(57)42-39-36-34-31-28-25-22-20-17-14-11-8-5-2)45-64-55-53(51(60)50(59)52(67-55)54(61)62)66-49(58)43-40-37-33-29-18-15-12-9-6-3/h7-8,10-11,16-17,19-20,23-25,27-28,30,34-36,38,46,50-53,55,59-60H,4-6,9,12-15,18,21-22,26,29,31-33,37,39-45H2,1-3H3,(H,61,62)/b10-7-,11-8-,19-16-,20-17-,24-23-,28-25-,30-27-,36-34-,38-35-. The highest BCUT2D eigenvalue weighted by Crippen LogP contribution is 2.26. The lowest BCUT2D eigenvalue weighted by Gasteiger charge is -2.40. The van der Waals surface area contributed by atoms with E-state index in [4.69, 9.17) is 23.7 Å². The first-order valence-corrected chi connectivity index (χ1v) is 24.9. The van der Waals surface area contributed by atoms with Gasteiger partial charge in [0.2, 0.25) is 0 Å². The van der Waals surface area contributed by atoms with Gasteiger partial charge in [0.05, 0.1) is 13.0 Å². The number of hydrogen-bond acceptors (Lipinski definition) is 11. The van der Waals surface area contributed by atoms with Crippen molar-refractivity contribution in [3.8, 4) is 0 Å². The number of carbonyl (C=O) groups is 4. The summed E-state index contributed by atoms with van der Waals surface area (Å²) in [5.74, 6) is -3.42. The highest BCUT2D eigenvalue weighted by Gasteiger charge is 2.50. The first kappa shape index (κ1) is 60.4. The SMILES string of the molecule is CC/C=C\C/C=C\C/C=C\C/C=C\C/C=C\CC(=O)OCC(COC1OC(C(=O)O)C(O)C(O)C1OC(=O)CCCCCCCCCCC)OC(=O)CC/C=C\C/C=C\C/C=C\C/C=C\CC. The average Bonchev–Trinajstić information content (AvgIpc) is 3.31. The molecular formula is C55H84O12. The fraction of sp³-hybridized carbons (Fsp3) is 0.600. The van der Waals surface area contributed by atoms with Crippen LogP contribution in [-0.4, -0.2) is 89.2 Å². The van der Waals surface area contributed by atoms with Gasteiger partial charge in [-0.15, -0.1) is 0 Å². The predicted octanol–water partition coefficient (Wildman–Crippen LogP) is 11.5. The number of carboxylic acid groups (broad SMARTS) is 1. The Kier molecular flexibility index (Phi) is 38.5. The Balaban J connectivity index is 2.86. The summed E-state index contributed by atoms with van der Waals surface area (Å²) < 4.78 is 28.0. The number of ether oxygens (including phenoxy) is 5. The topological polar surface area (TPSA) is 175 Å². The van der Waals surface area contributed by atoms with Crippen LogP contribution in [0.3, 0.4) is 0 Å². The summed E-state index contributed by atoms with van der Waals surface area (Å²) in [6.07, 6.45) is 44.3. The Morgan fingerprint density at radius 3 is 1.48 bits per heavy atom. The molecule has 0 bridgehead atoms. The lowest BCUT2D eigenvalue weighted by atomic mass is 9.98. The lowest BCUT2D eigenvalue weighted by Crippen LogP contribution is -2.61. The molecule has 1 aliphatic heterocycles. The number of aliphatic hydroxyl groups is 2. The van der Waals surface area contributed by atoms with Crippen LogP contribution < -0.4 is 0 Å². The molecule has 1 rings (SSSR count). The molecule has 1 heterocycles. The average molecular weight is 937 g/mol. The van der Waals surface area contributed by atoms with Crippen molar-refractivity contribution >= 4 is 23.9 Å². The second-order valence-corrected chi connectivity index (χ2v) is 16.4. The summed E-state index contributed by atoms with van der Waals surface area (Å²) in [6.45, 7) is 5.52. The Morgan fingerprint density at radius 1 is 0.522 bits per heavy atom. The van der Waals surface area contributed by atoms with Gasteiger partial charge in [0.1, 0.15) is 18.8 Å². The molecule has 0 amide bonds. The van der Waals surface area contributed by atoms with Crippen molar-refractivity contribution in [3.63, 3.8) is 0 Å². The van der Waals surface area contributed by atoms with Crippen molar-refractivity contribution < 1.29 is 58.2 Å². The van der Waals surface area contributed by atoms with Gasteiger partial charge in [-0.3, -0.25) is 14.4 Å². The number of unbranched alkanes of at least 4 members (excludes halogenated alkanes) is 8. The van der Waals surface area contributed by atoms with E-state index in [0.717, 1.165) is 70.6 Å². The molecule has 376 valence electrons. The molecule has 6 atom stereocenters. The van der Waals surface area contributed by atoms with Crippen molar-refractivity contribution in [3.05, 3.63) is 109 Å². The second-order valence-electron chi connectivity index (χ2n) is 16.4. The molecule has 0 radical (unpaired) electrons. The van der Waals surface area contributed by atoms with Crippen LogP contribution in [0.15, 0.2) is 109 Å². The minimum atomic E-state index is -1.92. The van der Waals surface area contributed by atoms with E-state index in [1.807, 2.05) is 36.5 Å². The van der Waals surface area contributed by atoms with Crippen molar-refractivity contribution in [1.29, 1.82) is 0 Å². The third-order valence-corrected chi connectivity index (χ3v) is 10.4. The van der Waals surface area contributed by atoms with Crippen molar-refractivity contribution in [2.75, 3.05) is 13.2 Å². The molecule has 6 unspecified atom stereocenters. The van der Waals surface area contributed by atoms with Crippen LogP contribution in [-0.2, 0) is 42.9 Å². The van der Waals surface area contributed by atoms with Gasteiger partial charge in [-0.05, 0) is 70.6 Å². The number of carbonyl (C=O) groups excluding carboxylic acids is 3. The van der Waals surface area contributed by atoms with Crippen molar-refractivity contribution in [2.45, 2.75) is 199 Å². The fourth-order valence-corrected chi connectivity index (χ4v) is 6.63. The van der Waals surface area contributed by atoms with E-state index in [1.165, 1.54) is 25.7 Å². The van der Waals surface area contributed by atoms with Crippen LogP contribution in [0.1, 0.15) is 162 Å². The molecular weight excluding hydrogens is 853 g/mol. The van der Waals surface area contributed by atoms with Gasteiger partial charge in [-0.1, -0.05) is 182 Å². The fourth-order valence-electron chi connectivity index (χ4n) is 6.63. The first-order chi connectivity index (χ1) is 32.6. The van der Waals surface area contributed by atoms with Crippen molar-refractivity contribution in [2.24, 2.45) is 0 Å². The van der Waals surface area contributed by atoms with Crippen LogP contribution in [0.2, 0.25) is 0 Å². The molecule has 0 aromatic carbocycles. The number of allylic oxidation sites excluding steroid dienone is 17. The molecule has 0 saturated carbocycles. The maximum absolute atomic E-state index is 13.0. The van der Waals surface area contributed by atoms with E-state index in [2.05, 4.69) is 87.6 Å². The van der Waals surface area contributed by atoms with E-state index in [-0.39, 0.29) is 19.3 Å². The van der Waals surface area contributed by atoms with E-state index in [0.29, 0.717) is 25.7 Å². The predicted molar refractivity (Wildman–Crippen MR) is 266 cm³/mol. The molecule has 3 N–H and O–H groups in total. The van der Waals surface area contributed by atoms with Gasteiger partial charge in [-0.25, -0.2) is 4.79 Å². The smallest absolute Gasteiger partial charge is 0.335 e. The maximum Gasteiger partial charge on any atom is 0.335 e. The molecule has 0 spiro atoms. The van der Waals surface area contributed by atoms with E-state index < -0.39 is 73.9 Å². The maximum atomic E-state index is 13.0. The summed E-state index contributed by atoms with van der Waals surface area (Å²) >= 11 is 0. The zero-order valence-corrected chi connectivity index (χ0v) is 40.8. The number of rotatable bonds is 39. The number of aliphatic carboxylic acids is 1. The van der Waals surface area contributed by atoms with Crippen LogP contribution in [0, 0.1) is 0 Å². The molecule has 12 heteroatoms. The highest BCUT2D eigenvalue weighted by atomic mass is 16.7. The van der Waals surface area contributed by atoms with Gasteiger partial charge in [0.25, 0.3) is 0 Å². The molecule has 1 fully saturated rings. The van der Waals surface area contributed by atoms with E-state index in [9.17, 15) is 34.5 Å². The summed E-state index contributed by atoms with van der Waals surface area (Å²) in [5.41, 5.74) is 0. The normalized spacial score (nSPS) is 19.8. The second kappa shape index (κ2) is 42.7. The number of hydrogen-bond donors (Lipinski definition) is 3. The summed E-state index contributed by atoms with van der Waals surface area (Å²) in [6, 6.07) is 0. The summed E-state index contributed by atoms with van der Waals surface area (Å²) in [7, 11) is 0. The molecule has 1 saturated heterocycles. The zero-order valence-electron chi connectivity index (χ0n) is 40.8. The van der Waals surface area contributed by atoms with Crippen LogP contribution in [0.25, 0.3) is 0 Å². The van der Waals surface area contributed by atoms with E-state index in [1.54, 1.807) is 6.08 Å². The van der Waals surface area contributed by atoms with Crippen LogP contribution in [0.5, 0.6) is 0 Å². The number of carboxylic acids is 1. The molecule has 0 aliphatic carbocycles. The van der Waals surface area contributed by atoms with Gasteiger partial charge in [-0.2, -0.15) is 0 Å². The molecule has 0 aromatic rings. The lowest BCUT2D eigenvalue weighted by molar-refractivity contribution is -0.301. The Labute approximate surface area is 402 Å². The molecule has 67 heavy (non-hydrogen) atoms. The summed E-state index contributed by atoms with van der Waals surface area (Å²) in [5, 5.41) is 31.2. The molecule has 12 nitrogen and oxygen atoms in total. The summed E-state index contributed by atoms with van der Waals surface area (Å²) in [4.78, 5) is 50.6. The zero-order chi connectivity index (χ0) is 49.0. The third-order valence-electron chi connectivity index (χ3n) is 10.4. The monoisotopic (exact) mass is 937 g/mol. The minimum Gasteiger partial charge on any atom is -0.479 e. The number of esters is 3. The van der Waals surface area contributed by atoms with Crippen LogP contribution >= 0.6 is 0 Å². The quantitative estimate of drug-likeness (QED) is 0.0231. The Bertz CT molecular complexity index is 1580. The highest BCUT2D eigenvalue weighted by molar-refractivity contribution is 5.74. The largest absolute Gasteiger partial charge is 0.479 e. The third kappa shape index (κ3) is 33.5.